The van der Waals surface area contributed by atoms with Crippen LogP contribution in [0.4, 0.5) is 18.9 Å². The third-order valence-corrected chi connectivity index (χ3v) is 2.79. The van der Waals surface area contributed by atoms with Crippen molar-refractivity contribution in [2.24, 2.45) is 0 Å². The second-order valence-corrected chi connectivity index (χ2v) is 4.36. The van der Waals surface area contributed by atoms with Crippen LogP contribution in [0, 0.1) is 17.5 Å². The molecular formula is C14H15F3N2. The van der Waals surface area contributed by atoms with Crippen LogP contribution in [0.3, 0.4) is 0 Å². The standard InChI is InChI=1S/C14H15F3N2/c1-2-4-19-5-3-10(9-19)8-18-14-7-12(16)11(15)6-13(14)17/h3,5-7,9,18H,2,4,8H2,1H3. The van der Waals surface area contributed by atoms with Gasteiger partial charge in [0.05, 0.1) is 5.69 Å². The minimum Gasteiger partial charge on any atom is -0.378 e. The highest BCUT2D eigenvalue weighted by atomic mass is 19.2. The lowest BCUT2D eigenvalue weighted by Gasteiger charge is -2.07. The second-order valence-electron chi connectivity index (χ2n) is 4.36. The minimum absolute atomic E-state index is 0.0397. The highest BCUT2D eigenvalue weighted by Gasteiger charge is 2.09. The molecule has 0 aliphatic carbocycles. The van der Waals surface area contributed by atoms with E-state index in [1.165, 1.54) is 0 Å². The first kappa shape index (κ1) is 13.5. The summed E-state index contributed by atoms with van der Waals surface area (Å²) in [6.45, 7) is 3.35. The molecule has 1 heterocycles. The molecule has 2 aromatic rings. The highest BCUT2D eigenvalue weighted by Crippen LogP contribution is 2.19. The van der Waals surface area contributed by atoms with Gasteiger partial charge in [-0.3, -0.25) is 0 Å². The predicted molar refractivity (Wildman–Crippen MR) is 68.4 cm³/mol. The van der Waals surface area contributed by atoms with Gasteiger partial charge in [-0.05, 0) is 18.1 Å². The lowest BCUT2D eigenvalue weighted by atomic mass is 10.2. The summed E-state index contributed by atoms with van der Waals surface area (Å²) in [5.41, 5.74) is 0.916. The fraction of sp³-hybridized carbons (Fsp3) is 0.286. The zero-order valence-corrected chi connectivity index (χ0v) is 10.6. The Morgan fingerprint density at radius 2 is 1.84 bits per heavy atom. The molecule has 1 aromatic carbocycles. The first-order chi connectivity index (χ1) is 9.10. The van der Waals surface area contributed by atoms with Gasteiger partial charge in [-0.2, -0.15) is 0 Å². The van der Waals surface area contributed by atoms with E-state index in [1.54, 1.807) is 0 Å². The van der Waals surface area contributed by atoms with Crippen LogP contribution in [-0.2, 0) is 13.1 Å². The van der Waals surface area contributed by atoms with E-state index in [0.29, 0.717) is 12.6 Å². The molecule has 2 nitrogen and oxygen atoms in total. The normalized spacial score (nSPS) is 10.7. The van der Waals surface area contributed by atoms with E-state index in [9.17, 15) is 13.2 Å². The van der Waals surface area contributed by atoms with Crippen LogP contribution in [0.1, 0.15) is 18.9 Å². The third-order valence-electron chi connectivity index (χ3n) is 2.79. The molecule has 0 fully saturated rings. The minimum atomic E-state index is -1.18. The van der Waals surface area contributed by atoms with Gasteiger partial charge >= 0.3 is 0 Å². The van der Waals surface area contributed by atoms with E-state index >= 15 is 0 Å². The second kappa shape index (κ2) is 5.82. The van der Waals surface area contributed by atoms with Crippen molar-refractivity contribution in [1.82, 2.24) is 4.57 Å². The van der Waals surface area contributed by atoms with Crippen LogP contribution in [0.2, 0.25) is 0 Å². The van der Waals surface area contributed by atoms with E-state index in [-0.39, 0.29) is 5.69 Å². The summed E-state index contributed by atoms with van der Waals surface area (Å²) in [5, 5.41) is 2.76. The van der Waals surface area contributed by atoms with Crippen LogP contribution >= 0.6 is 0 Å². The van der Waals surface area contributed by atoms with Gasteiger partial charge in [0.25, 0.3) is 0 Å². The Balaban J connectivity index is 2.03. The fourth-order valence-corrected chi connectivity index (χ4v) is 1.85. The summed E-state index contributed by atoms with van der Waals surface area (Å²) in [6.07, 6.45) is 4.90. The Morgan fingerprint density at radius 1 is 1.11 bits per heavy atom. The summed E-state index contributed by atoms with van der Waals surface area (Å²) in [4.78, 5) is 0. The van der Waals surface area contributed by atoms with Crippen LogP contribution < -0.4 is 5.32 Å². The van der Waals surface area contributed by atoms with Crippen molar-refractivity contribution in [3.05, 3.63) is 53.6 Å². The Kier molecular flexibility index (Phi) is 4.14. The largest absolute Gasteiger partial charge is 0.378 e. The molecule has 0 amide bonds. The number of hydrogen-bond acceptors (Lipinski definition) is 1. The Labute approximate surface area is 109 Å². The summed E-state index contributed by atoms with van der Waals surface area (Å²) in [5.74, 6) is -3.04. The van der Waals surface area contributed by atoms with Gasteiger partial charge in [-0.1, -0.05) is 6.92 Å². The topological polar surface area (TPSA) is 17.0 Å². The molecule has 0 bridgehead atoms. The fourth-order valence-electron chi connectivity index (χ4n) is 1.85. The van der Waals surface area contributed by atoms with Gasteiger partial charge in [-0.15, -0.1) is 0 Å². The number of nitrogens with one attached hydrogen (secondary N) is 1. The average molecular weight is 268 g/mol. The lowest BCUT2D eigenvalue weighted by Crippen LogP contribution is -2.02. The highest BCUT2D eigenvalue weighted by molar-refractivity contribution is 5.45. The van der Waals surface area contributed by atoms with Crippen LogP contribution in [0.15, 0.2) is 30.6 Å². The van der Waals surface area contributed by atoms with Gasteiger partial charge in [0.15, 0.2) is 11.6 Å². The molecule has 5 heteroatoms. The molecule has 2 rings (SSSR count). The molecule has 1 aromatic heterocycles. The molecule has 0 saturated carbocycles. The van der Waals surface area contributed by atoms with Crippen molar-refractivity contribution in [2.75, 3.05) is 5.32 Å². The number of aryl methyl sites for hydroxylation is 1. The molecule has 0 aliphatic rings. The Hall–Kier alpha value is -1.91. The van der Waals surface area contributed by atoms with Crippen molar-refractivity contribution in [2.45, 2.75) is 26.4 Å². The van der Waals surface area contributed by atoms with Gasteiger partial charge in [0.2, 0.25) is 0 Å². The number of rotatable bonds is 5. The SMILES string of the molecule is CCCn1ccc(CNc2cc(F)c(F)cc2F)c1. The van der Waals surface area contributed by atoms with E-state index in [2.05, 4.69) is 12.2 Å². The molecule has 1 N–H and O–H groups in total. The van der Waals surface area contributed by atoms with Crippen LogP contribution in [0.5, 0.6) is 0 Å². The predicted octanol–water partition coefficient (Wildman–Crippen LogP) is 3.93. The maximum absolute atomic E-state index is 13.4. The molecule has 0 radical (unpaired) electrons. The van der Waals surface area contributed by atoms with E-state index in [4.69, 9.17) is 0 Å². The average Bonchev–Trinajstić information content (AvgIpc) is 2.80. The molecule has 0 atom stereocenters. The summed E-state index contributed by atoms with van der Waals surface area (Å²) in [7, 11) is 0. The summed E-state index contributed by atoms with van der Waals surface area (Å²) in [6, 6.07) is 3.27. The zero-order chi connectivity index (χ0) is 13.8. The number of nitrogens with zero attached hydrogens (tertiary/aromatic N) is 1. The number of anilines is 1. The van der Waals surface area contributed by atoms with E-state index in [1.807, 2.05) is 23.0 Å². The maximum Gasteiger partial charge on any atom is 0.161 e. The van der Waals surface area contributed by atoms with Gasteiger partial charge in [0, 0.05) is 37.6 Å². The molecular weight excluding hydrogens is 253 g/mol. The van der Waals surface area contributed by atoms with E-state index in [0.717, 1.165) is 24.6 Å². The summed E-state index contributed by atoms with van der Waals surface area (Å²) >= 11 is 0. The van der Waals surface area contributed by atoms with Crippen LogP contribution in [0.25, 0.3) is 0 Å². The number of halogens is 3. The first-order valence-corrected chi connectivity index (χ1v) is 6.13. The molecule has 0 spiro atoms. The molecule has 102 valence electrons. The summed E-state index contributed by atoms with van der Waals surface area (Å²) < 4.78 is 41.2. The lowest BCUT2D eigenvalue weighted by molar-refractivity contribution is 0.496. The Bertz CT molecular complexity index is 564. The van der Waals surface area contributed by atoms with Gasteiger partial charge in [0.1, 0.15) is 5.82 Å². The molecule has 19 heavy (non-hydrogen) atoms. The van der Waals surface area contributed by atoms with Crippen LogP contribution in [-0.4, -0.2) is 4.57 Å². The zero-order valence-electron chi connectivity index (χ0n) is 10.6. The van der Waals surface area contributed by atoms with Gasteiger partial charge < -0.3 is 9.88 Å². The number of benzene rings is 1. The van der Waals surface area contributed by atoms with Crippen molar-refractivity contribution in [1.29, 1.82) is 0 Å². The van der Waals surface area contributed by atoms with Crippen molar-refractivity contribution in [3.63, 3.8) is 0 Å². The number of aromatic nitrogens is 1. The van der Waals surface area contributed by atoms with Crippen molar-refractivity contribution < 1.29 is 13.2 Å². The third kappa shape index (κ3) is 3.30. The smallest absolute Gasteiger partial charge is 0.161 e. The van der Waals surface area contributed by atoms with Gasteiger partial charge in [-0.25, -0.2) is 13.2 Å². The molecule has 0 saturated heterocycles. The number of hydrogen-bond donors (Lipinski definition) is 1. The quantitative estimate of drug-likeness (QED) is 0.813. The first-order valence-electron chi connectivity index (χ1n) is 6.13. The maximum atomic E-state index is 13.4. The monoisotopic (exact) mass is 268 g/mol. The Morgan fingerprint density at radius 3 is 2.58 bits per heavy atom. The van der Waals surface area contributed by atoms with E-state index < -0.39 is 17.5 Å². The van der Waals surface area contributed by atoms with Crippen molar-refractivity contribution >= 4 is 5.69 Å². The molecule has 0 unspecified atom stereocenters. The van der Waals surface area contributed by atoms with Crippen molar-refractivity contribution in [3.8, 4) is 0 Å². The molecule has 0 aliphatic heterocycles.